The number of benzene rings is 2. The van der Waals surface area contributed by atoms with Crippen LogP contribution in [0.15, 0.2) is 52.2 Å². The number of hydrogen-bond donors (Lipinski definition) is 2. The molecule has 0 spiro atoms. The number of rotatable bonds is 12. The molecule has 0 aliphatic heterocycles. The lowest BCUT2D eigenvalue weighted by Crippen LogP contribution is -2.27. The molecule has 0 atom stereocenters. The predicted octanol–water partition coefficient (Wildman–Crippen LogP) is 3.80. The largest absolute Gasteiger partial charge is 0.497 e. The van der Waals surface area contributed by atoms with Gasteiger partial charge in [0.15, 0.2) is 15.8 Å². The van der Waals surface area contributed by atoms with Crippen LogP contribution in [0, 0.1) is 0 Å². The molecule has 2 aromatic carbocycles. The second-order valence-corrected chi connectivity index (χ2v) is 9.22. The first-order valence-electron chi connectivity index (χ1n) is 10.5. The van der Waals surface area contributed by atoms with Gasteiger partial charge in [-0.1, -0.05) is 23.9 Å². The Morgan fingerprint density at radius 1 is 1.00 bits per heavy atom. The molecule has 0 aliphatic carbocycles. The molecule has 0 bridgehead atoms. The summed E-state index contributed by atoms with van der Waals surface area (Å²) in [6.45, 7) is 0.504. The van der Waals surface area contributed by atoms with Gasteiger partial charge in [0.25, 0.3) is 0 Å². The molecule has 0 unspecified atom stereocenters. The summed E-state index contributed by atoms with van der Waals surface area (Å²) < 4.78 is 16.4. The average molecular weight is 502 g/mol. The number of thioether (sulfide) groups is 1. The Kier molecular flexibility index (Phi) is 9.60. The van der Waals surface area contributed by atoms with Crippen molar-refractivity contribution in [3.05, 3.63) is 59.1 Å². The summed E-state index contributed by atoms with van der Waals surface area (Å²) in [5, 5.41) is 7.59. The number of thiazole rings is 1. The van der Waals surface area contributed by atoms with Crippen molar-refractivity contribution in [1.29, 1.82) is 0 Å². The van der Waals surface area contributed by atoms with Crippen molar-refractivity contribution in [2.24, 2.45) is 0 Å². The van der Waals surface area contributed by atoms with E-state index in [1.165, 1.54) is 23.1 Å². The Labute approximate surface area is 207 Å². The highest BCUT2D eigenvalue weighted by molar-refractivity contribution is 8.01. The van der Waals surface area contributed by atoms with E-state index in [1.54, 1.807) is 33.5 Å². The first-order valence-corrected chi connectivity index (χ1v) is 12.4. The molecular formula is C24H27N3O5S2. The number of carbonyl (C=O) groups excluding carboxylic acids is 2. The number of ether oxygens (including phenoxy) is 3. The fraction of sp³-hybridized carbons (Fsp3) is 0.292. The maximum absolute atomic E-state index is 12.3. The fourth-order valence-corrected chi connectivity index (χ4v) is 4.72. The molecule has 0 saturated carbocycles. The summed E-state index contributed by atoms with van der Waals surface area (Å²) in [7, 11) is 4.77. The van der Waals surface area contributed by atoms with Crippen LogP contribution >= 0.6 is 23.1 Å². The van der Waals surface area contributed by atoms with Gasteiger partial charge in [-0.15, -0.1) is 11.3 Å². The lowest BCUT2D eigenvalue weighted by atomic mass is 10.1. The molecule has 10 heteroatoms. The van der Waals surface area contributed by atoms with Gasteiger partial charge in [0.05, 0.1) is 39.2 Å². The van der Waals surface area contributed by atoms with Crippen LogP contribution in [-0.4, -0.2) is 50.4 Å². The molecule has 0 radical (unpaired) electrons. The Hall–Kier alpha value is -3.24. The fourth-order valence-electron chi connectivity index (χ4n) is 3.07. The second-order valence-electron chi connectivity index (χ2n) is 7.14. The Balaban J connectivity index is 1.40. The number of anilines is 1. The molecule has 0 fully saturated rings. The zero-order valence-electron chi connectivity index (χ0n) is 19.3. The minimum Gasteiger partial charge on any atom is -0.497 e. The third-order valence-corrected chi connectivity index (χ3v) is 6.81. The summed E-state index contributed by atoms with van der Waals surface area (Å²) in [5.74, 6) is 2.00. The molecule has 0 aliphatic rings. The molecule has 8 nitrogen and oxygen atoms in total. The normalized spacial score (nSPS) is 10.4. The van der Waals surface area contributed by atoms with Gasteiger partial charge in [-0.3, -0.25) is 9.59 Å². The number of methoxy groups -OCH3 is 3. The molecule has 2 N–H and O–H groups in total. The Bertz CT molecular complexity index is 1120. The maximum Gasteiger partial charge on any atom is 0.234 e. The van der Waals surface area contributed by atoms with Crippen molar-refractivity contribution in [2.75, 3.05) is 38.9 Å². The van der Waals surface area contributed by atoms with Gasteiger partial charge in [-0.25, -0.2) is 4.98 Å². The van der Waals surface area contributed by atoms with Gasteiger partial charge in [0, 0.05) is 23.7 Å². The monoisotopic (exact) mass is 501 g/mol. The first-order chi connectivity index (χ1) is 16.5. The molecule has 1 heterocycles. The standard InChI is InChI=1S/C24H27N3O5S2/c1-30-19-6-4-5-17(12-19)26-23(29)15-34-24-27-18(14-33-24)13-22(28)25-10-9-16-7-8-20(31-2)21(11-16)32-3/h4-8,11-12,14H,9-10,13,15H2,1-3H3,(H,25,28)(H,26,29). The van der Waals surface area contributed by atoms with Crippen molar-refractivity contribution in [1.82, 2.24) is 10.3 Å². The summed E-state index contributed by atoms with van der Waals surface area (Å²) in [5.41, 5.74) is 2.40. The zero-order valence-corrected chi connectivity index (χ0v) is 20.9. The molecule has 0 saturated heterocycles. The summed E-state index contributed by atoms with van der Waals surface area (Å²) in [4.78, 5) is 28.9. The smallest absolute Gasteiger partial charge is 0.234 e. The van der Waals surface area contributed by atoms with Gasteiger partial charge in [0.2, 0.25) is 11.8 Å². The van der Waals surface area contributed by atoms with Gasteiger partial charge in [-0.05, 0) is 36.2 Å². The lowest BCUT2D eigenvalue weighted by Gasteiger charge is -2.10. The average Bonchev–Trinajstić information content (AvgIpc) is 3.29. The van der Waals surface area contributed by atoms with Crippen molar-refractivity contribution < 1.29 is 23.8 Å². The van der Waals surface area contributed by atoms with Crippen molar-refractivity contribution in [3.63, 3.8) is 0 Å². The molecule has 2 amide bonds. The van der Waals surface area contributed by atoms with E-state index in [0.29, 0.717) is 41.6 Å². The van der Waals surface area contributed by atoms with E-state index in [-0.39, 0.29) is 24.0 Å². The summed E-state index contributed by atoms with van der Waals surface area (Å²) in [6.07, 6.45) is 0.867. The van der Waals surface area contributed by atoms with E-state index < -0.39 is 0 Å². The first kappa shape index (κ1) is 25.4. The minimum absolute atomic E-state index is 0.0990. The number of amides is 2. The zero-order chi connectivity index (χ0) is 24.3. The van der Waals surface area contributed by atoms with Gasteiger partial charge >= 0.3 is 0 Å². The minimum atomic E-state index is -0.136. The number of nitrogens with zero attached hydrogens (tertiary/aromatic N) is 1. The van der Waals surface area contributed by atoms with Crippen LogP contribution in [0.3, 0.4) is 0 Å². The molecule has 3 aromatic rings. The van der Waals surface area contributed by atoms with Crippen molar-refractivity contribution in [3.8, 4) is 17.2 Å². The third kappa shape index (κ3) is 7.67. The quantitative estimate of drug-likeness (QED) is 0.364. The summed E-state index contributed by atoms with van der Waals surface area (Å²) in [6, 6.07) is 12.9. The van der Waals surface area contributed by atoms with E-state index in [4.69, 9.17) is 14.2 Å². The van der Waals surface area contributed by atoms with E-state index in [9.17, 15) is 9.59 Å². The molecular weight excluding hydrogens is 474 g/mol. The SMILES string of the molecule is COc1cccc(NC(=O)CSc2nc(CC(=O)NCCc3ccc(OC)c(OC)c3)cs2)c1. The maximum atomic E-state index is 12.3. The van der Waals surface area contributed by atoms with Crippen LogP contribution in [0.5, 0.6) is 17.2 Å². The van der Waals surface area contributed by atoms with Crippen LogP contribution in [0.25, 0.3) is 0 Å². The topological polar surface area (TPSA) is 98.8 Å². The Morgan fingerprint density at radius 2 is 1.82 bits per heavy atom. The van der Waals surface area contributed by atoms with Crippen molar-refractivity contribution in [2.45, 2.75) is 17.2 Å². The second kappa shape index (κ2) is 12.9. The van der Waals surface area contributed by atoms with E-state index in [1.807, 2.05) is 35.7 Å². The van der Waals surface area contributed by atoms with E-state index in [2.05, 4.69) is 15.6 Å². The molecule has 1 aromatic heterocycles. The van der Waals surface area contributed by atoms with Crippen LogP contribution in [0.2, 0.25) is 0 Å². The number of aromatic nitrogens is 1. The van der Waals surface area contributed by atoms with Crippen LogP contribution in [0.1, 0.15) is 11.3 Å². The van der Waals surface area contributed by atoms with E-state index >= 15 is 0 Å². The third-order valence-electron chi connectivity index (χ3n) is 4.74. The van der Waals surface area contributed by atoms with Gasteiger partial charge in [-0.2, -0.15) is 0 Å². The number of carbonyl (C=O) groups is 2. The van der Waals surface area contributed by atoms with Crippen molar-refractivity contribution >= 4 is 40.6 Å². The lowest BCUT2D eigenvalue weighted by molar-refractivity contribution is -0.120. The van der Waals surface area contributed by atoms with Crippen LogP contribution < -0.4 is 24.8 Å². The van der Waals surface area contributed by atoms with E-state index in [0.717, 1.165) is 9.90 Å². The van der Waals surface area contributed by atoms with Gasteiger partial charge in [0.1, 0.15) is 5.75 Å². The Morgan fingerprint density at radius 3 is 2.59 bits per heavy atom. The highest BCUT2D eigenvalue weighted by Gasteiger charge is 2.11. The molecule has 3 rings (SSSR count). The molecule has 34 heavy (non-hydrogen) atoms. The van der Waals surface area contributed by atoms with Crippen LogP contribution in [-0.2, 0) is 22.4 Å². The summed E-state index contributed by atoms with van der Waals surface area (Å²) >= 11 is 2.76. The number of hydrogen-bond acceptors (Lipinski definition) is 8. The number of nitrogens with one attached hydrogen (secondary N) is 2. The highest BCUT2D eigenvalue weighted by atomic mass is 32.2. The van der Waals surface area contributed by atoms with Crippen LogP contribution in [0.4, 0.5) is 5.69 Å². The van der Waals surface area contributed by atoms with Gasteiger partial charge < -0.3 is 24.8 Å². The predicted molar refractivity (Wildman–Crippen MR) is 134 cm³/mol. The highest BCUT2D eigenvalue weighted by Crippen LogP contribution is 2.27. The molecule has 180 valence electrons.